The summed E-state index contributed by atoms with van der Waals surface area (Å²) in [5, 5.41) is 13.3. The maximum absolute atomic E-state index is 10.6. The van der Waals surface area contributed by atoms with E-state index >= 15 is 0 Å². The zero-order valence-corrected chi connectivity index (χ0v) is 21.0. The summed E-state index contributed by atoms with van der Waals surface area (Å²) >= 11 is 0. The van der Waals surface area contributed by atoms with Crippen LogP contribution in [-0.4, -0.2) is 57.3 Å². The van der Waals surface area contributed by atoms with Gasteiger partial charge in [-0.05, 0) is 37.5 Å². The normalized spacial score (nSPS) is 18.7. The number of ether oxygens (including phenoxy) is 5. The molecule has 5 rings (SSSR count). The quantitative estimate of drug-likeness (QED) is 0.515. The first-order chi connectivity index (χ1) is 16.6. The Labute approximate surface area is 201 Å². The molecule has 2 unspecified atom stereocenters. The number of hydrogen-bond donors (Lipinski definition) is 1. The molecular formula is C27H37NO6. The van der Waals surface area contributed by atoms with Crippen LogP contribution in [0.1, 0.15) is 56.8 Å². The third-order valence-corrected chi connectivity index (χ3v) is 6.81. The van der Waals surface area contributed by atoms with Gasteiger partial charge in [-0.25, -0.2) is 0 Å². The Morgan fingerprint density at radius 1 is 1.00 bits per heavy atom. The largest absolute Gasteiger partial charge is 0.496 e. The van der Waals surface area contributed by atoms with Crippen molar-refractivity contribution in [2.75, 3.05) is 41.0 Å². The minimum Gasteiger partial charge on any atom is -0.496 e. The number of nitrogens with zero attached hydrogens (tertiary/aromatic N) is 1. The molecule has 2 atom stereocenters. The fraction of sp³-hybridized carbons (Fsp3) is 0.556. The van der Waals surface area contributed by atoms with Gasteiger partial charge in [-0.3, -0.25) is 4.90 Å². The summed E-state index contributed by atoms with van der Waals surface area (Å²) in [7, 11) is 4.95. The fourth-order valence-electron chi connectivity index (χ4n) is 4.94. The lowest BCUT2D eigenvalue weighted by Crippen LogP contribution is -2.41. The van der Waals surface area contributed by atoms with Crippen molar-refractivity contribution in [3.63, 3.8) is 0 Å². The Morgan fingerprint density at radius 2 is 1.74 bits per heavy atom. The lowest BCUT2D eigenvalue weighted by atomic mass is 9.97. The molecule has 4 aliphatic rings. The van der Waals surface area contributed by atoms with Gasteiger partial charge in [0, 0.05) is 30.3 Å². The highest BCUT2D eigenvalue weighted by Gasteiger charge is 2.39. The van der Waals surface area contributed by atoms with Crippen LogP contribution < -0.4 is 23.7 Å². The molecule has 0 amide bonds. The predicted molar refractivity (Wildman–Crippen MR) is 130 cm³/mol. The lowest BCUT2D eigenvalue weighted by molar-refractivity contribution is 0.0272. The van der Waals surface area contributed by atoms with E-state index in [0.29, 0.717) is 41.6 Å². The van der Waals surface area contributed by atoms with E-state index in [1.807, 2.05) is 19.9 Å². The van der Waals surface area contributed by atoms with Crippen LogP contribution in [0.5, 0.6) is 28.7 Å². The van der Waals surface area contributed by atoms with Crippen molar-refractivity contribution in [3.05, 3.63) is 39.8 Å². The van der Waals surface area contributed by atoms with Gasteiger partial charge in [0.15, 0.2) is 17.7 Å². The number of aliphatic hydroxyl groups excluding tert-OH is 1. The first-order valence-corrected chi connectivity index (χ1v) is 12.3. The monoisotopic (exact) mass is 471 g/mol. The van der Waals surface area contributed by atoms with Crippen molar-refractivity contribution >= 4 is 0 Å². The Balaban J connectivity index is 0.000000285. The van der Waals surface area contributed by atoms with Gasteiger partial charge in [-0.1, -0.05) is 25.5 Å². The molecule has 7 heteroatoms. The summed E-state index contributed by atoms with van der Waals surface area (Å²) in [5.41, 5.74) is 1.63. The topological polar surface area (TPSA) is 69.6 Å². The molecule has 2 aliphatic heterocycles. The Bertz CT molecular complexity index is 1100. The molecule has 1 aromatic rings. The molecule has 1 N–H and O–H groups in total. The first-order valence-electron chi connectivity index (χ1n) is 12.3. The summed E-state index contributed by atoms with van der Waals surface area (Å²) in [6, 6.07) is 6.18. The number of fused-ring (bicyclic) bond motifs is 1. The number of hydrogen-bond acceptors (Lipinski definition) is 7. The SMILES string of the molecule is CCOc1c(OC)c2c(c(OC)c1C(O)CC)CC(N1CCCCC1)O2.COc1cc2ccc1=2. The minimum absolute atomic E-state index is 0.0170. The minimum atomic E-state index is -0.681. The molecule has 1 aromatic carbocycles. The highest BCUT2D eigenvalue weighted by atomic mass is 16.6. The number of likely N-dealkylation sites (tertiary alicyclic amines) is 1. The molecule has 7 nitrogen and oxygen atoms in total. The number of methoxy groups -OCH3 is 3. The molecule has 0 spiro atoms. The van der Waals surface area contributed by atoms with Crippen molar-refractivity contribution in [3.8, 4) is 28.7 Å². The zero-order valence-electron chi connectivity index (χ0n) is 21.0. The van der Waals surface area contributed by atoms with Crippen LogP contribution in [0.15, 0.2) is 18.2 Å². The van der Waals surface area contributed by atoms with Crippen molar-refractivity contribution < 1.29 is 28.8 Å². The van der Waals surface area contributed by atoms with Crippen LogP contribution in [0.25, 0.3) is 0 Å². The third kappa shape index (κ3) is 4.39. The van der Waals surface area contributed by atoms with E-state index in [0.717, 1.165) is 30.8 Å². The highest BCUT2D eigenvalue weighted by Crippen LogP contribution is 2.54. The highest BCUT2D eigenvalue weighted by molar-refractivity contribution is 5.68. The molecule has 0 bridgehead atoms. The molecule has 34 heavy (non-hydrogen) atoms. The molecule has 0 radical (unpaired) electrons. The van der Waals surface area contributed by atoms with Gasteiger partial charge in [-0.15, -0.1) is 0 Å². The summed E-state index contributed by atoms with van der Waals surface area (Å²) < 4.78 is 28.6. The van der Waals surface area contributed by atoms with Gasteiger partial charge >= 0.3 is 0 Å². The molecule has 2 heterocycles. The molecule has 1 saturated heterocycles. The van der Waals surface area contributed by atoms with Gasteiger partial charge in [0.1, 0.15) is 11.5 Å². The van der Waals surface area contributed by atoms with Crippen LogP contribution >= 0.6 is 0 Å². The van der Waals surface area contributed by atoms with Crippen LogP contribution in [0, 0.1) is 10.4 Å². The molecule has 0 aromatic heterocycles. The van der Waals surface area contributed by atoms with Gasteiger partial charge in [0.2, 0.25) is 5.75 Å². The fourth-order valence-corrected chi connectivity index (χ4v) is 4.94. The molecule has 186 valence electrons. The average molecular weight is 472 g/mol. The van der Waals surface area contributed by atoms with E-state index in [9.17, 15) is 5.11 Å². The van der Waals surface area contributed by atoms with Crippen molar-refractivity contribution in [2.45, 2.75) is 58.3 Å². The zero-order chi connectivity index (χ0) is 24.2. The lowest BCUT2D eigenvalue weighted by Gasteiger charge is -2.31. The summed E-state index contributed by atoms with van der Waals surface area (Å²) in [4.78, 5) is 2.39. The molecule has 2 aliphatic carbocycles. The van der Waals surface area contributed by atoms with Gasteiger partial charge in [0.05, 0.1) is 39.6 Å². The van der Waals surface area contributed by atoms with Gasteiger partial charge < -0.3 is 28.8 Å². The van der Waals surface area contributed by atoms with Crippen molar-refractivity contribution in [1.29, 1.82) is 0 Å². The van der Waals surface area contributed by atoms with E-state index < -0.39 is 6.10 Å². The molecule has 0 saturated carbocycles. The van der Waals surface area contributed by atoms with Crippen molar-refractivity contribution in [2.24, 2.45) is 0 Å². The van der Waals surface area contributed by atoms with Crippen LogP contribution in [0.2, 0.25) is 0 Å². The Morgan fingerprint density at radius 3 is 2.21 bits per heavy atom. The average Bonchev–Trinajstić information content (AvgIpc) is 3.30. The maximum Gasteiger partial charge on any atom is 0.204 e. The van der Waals surface area contributed by atoms with Gasteiger partial charge in [0.25, 0.3) is 0 Å². The van der Waals surface area contributed by atoms with E-state index in [-0.39, 0.29) is 6.23 Å². The van der Waals surface area contributed by atoms with Crippen LogP contribution in [0.3, 0.4) is 0 Å². The smallest absolute Gasteiger partial charge is 0.204 e. The van der Waals surface area contributed by atoms with Gasteiger partial charge in [-0.2, -0.15) is 0 Å². The van der Waals surface area contributed by atoms with E-state index in [1.54, 1.807) is 21.3 Å². The second-order valence-corrected chi connectivity index (χ2v) is 8.76. The summed E-state index contributed by atoms with van der Waals surface area (Å²) in [6.45, 7) is 6.42. The van der Waals surface area contributed by atoms with E-state index in [1.165, 1.54) is 29.7 Å². The number of rotatable bonds is 8. The predicted octanol–water partition coefficient (Wildman–Crippen LogP) is 4.59. The standard InChI is InChI=1S/C20H31NO5.C7H6O/c1-5-14(22)16-17(23-3)13-12-15(21-10-8-7-9-11-21)26-18(13)20(24-4)19(16)25-6-2;1-8-7-4-5-2-3-6(5)7/h14-15,22H,5-12H2,1-4H3;2-4H,1H3. The Hall–Kier alpha value is -2.64. The Kier molecular flexibility index (Phi) is 7.73. The maximum atomic E-state index is 10.6. The summed E-state index contributed by atoms with van der Waals surface area (Å²) in [6.07, 6.45) is 4.28. The second-order valence-electron chi connectivity index (χ2n) is 8.76. The number of piperidine rings is 1. The third-order valence-electron chi connectivity index (χ3n) is 6.81. The molecular weight excluding hydrogens is 434 g/mol. The summed E-state index contributed by atoms with van der Waals surface area (Å²) in [5.74, 6) is 3.47. The van der Waals surface area contributed by atoms with Crippen LogP contribution in [-0.2, 0) is 6.42 Å². The molecule has 1 fully saturated rings. The van der Waals surface area contributed by atoms with E-state index in [2.05, 4.69) is 17.0 Å². The number of benzene rings is 2. The van der Waals surface area contributed by atoms with Crippen molar-refractivity contribution in [1.82, 2.24) is 4.90 Å². The van der Waals surface area contributed by atoms with E-state index in [4.69, 9.17) is 23.7 Å². The first kappa shape index (κ1) is 24.5. The second kappa shape index (κ2) is 10.7. The van der Waals surface area contributed by atoms with Crippen LogP contribution in [0.4, 0.5) is 0 Å². The number of aliphatic hydroxyl groups is 1.